The number of carbonyl (C=O) groups excluding carboxylic acids is 2. The van der Waals surface area contributed by atoms with E-state index >= 15 is 0 Å². The van der Waals surface area contributed by atoms with Crippen molar-refractivity contribution in [3.05, 3.63) is 71.0 Å². The third-order valence-electron chi connectivity index (χ3n) is 5.75. The van der Waals surface area contributed by atoms with Crippen LogP contribution in [-0.4, -0.2) is 57.4 Å². The Hall–Kier alpha value is -3.75. The van der Waals surface area contributed by atoms with Crippen molar-refractivity contribution >= 4 is 17.6 Å². The van der Waals surface area contributed by atoms with Gasteiger partial charge in [0.1, 0.15) is 11.6 Å². The highest BCUT2D eigenvalue weighted by Gasteiger charge is 2.32. The zero-order chi connectivity index (χ0) is 23.4. The van der Waals surface area contributed by atoms with Crippen LogP contribution < -0.4 is 5.32 Å². The second kappa shape index (κ2) is 9.81. The third-order valence-corrected chi connectivity index (χ3v) is 5.75. The van der Waals surface area contributed by atoms with E-state index in [1.807, 2.05) is 48.2 Å². The number of benzene rings is 1. The predicted octanol–water partition coefficient (Wildman–Crippen LogP) is 2.86. The zero-order valence-electron chi connectivity index (χ0n) is 19.1. The fourth-order valence-corrected chi connectivity index (χ4v) is 3.90. The molecule has 1 unspecified atom stereocenters. The summed E-state index contributed by atoms with van der Waals surface area (Å²) in [7, 11) is 3.46. The molecular weight excluding hydrogens is 420 g/mol. The van der Waals surface area contributed by atoms with Gasteiger partial charge in [-0.3, -0.25) is 9.59 Å². The van der Waals surface area contributed by atoms with Crippen LogP contribution in [0.1, 0.15) is 52.6 Å². The van der Waals surface area contributed by atoms with E-state index in [1.165, 1.54) is 4.90 Å². The number of carbonyl (C=O) groups is 2. The summed E-state index contributed by atoms with van der Waals surface area (Å²) in [5.41, 5.74) is 2.63. The average molecular weight is 449 g/mol. The van der Waals surface area contributed by atoms with Gasteiger partial charge < -0.3 is 19.6 Å². The summed E-state index contributed by atoms with van der Waals surface area (Å²) >= 11 is 0. The van der Waals surface area contributed by atoms with Gasteiger partial charge in [-0.15, -0.1) is 0 Å². The Morgan fingerprint density at radius 2 is 2.03 bits per heavy atom. The van der Waals surface area contributed by atoms with Gasteiger partial charge in [0.25, 0.3) is 5.91 Å². The molecule has 1 saturated heterocycles. The van der Waals surface area contributed by atoms with Crippen molar-refractivity contribution in [2.45, 2.75) is 38.8 Å². The average Bonchev–Trinajstić information content (AvgIpc) is 3.46. The van der Waals surface area contributed by atoms with Gasteiger partial charge in [0.05, 0.1) is 17.9 Å². The first kappa shape index (κ1) is 22.4. The molecule has 2 aromatic heterocycles. The number of amides is 2. The van der Waals surface area contributed by atoms with Crippen LogP contribution in [0.15, 0.2) is 47.0 Å². The molecule has 0 saturated carbocycles. The van der Waals surface area contributed by atoms with Crippen LogP contribution >= 0.6 is 0 Å². The number of hydrogen-bond donors (Lipinski definition) is 1. The van der Waals surface area contributed by atoms with Gasteiger partial charge in [-0.25, -0.2) is 9.97 Å². The summed E-state index contributed by atoms with van der Waals surface area (Å²) in [4.78, 5) is 37.9. The Morgan fingerprint density at radius 1 is 1.24 bits per heavy atom. The van der Waals surface area contributed by atoms with E-state index in [4.69, 9.17) is 9.51 Å². The maximum Gasteiger partial charge on any atom is 0.292 e. The van der Waals surface area contributed by atoms with E-state index < -0.39 is 0 Å². The van der Waals surface area contributed by atoms with Crippen LogP contribution in [0.5, 0.6) is 0 Å². The van der Waals surface area contributed by atoms with E-state index in [0.29, 0.717) is 37.6 Å². The molecule has 1 fully saturated rings. The standard InChI is InChI=1S/C24H28N6O3/c1-4-18-11-20(33-28-18)24(32)29(3)15-22-26-19(12-21(25-2)27-22)17-10-23(31)30(14-17)13-16-8-6-5-7-9-16/h5-9,11-12,17H,4,10,13-15H2,1-3H3,(H,25,26,27). The Balaban J connectivity index is 1.48. The van der Waals surface area contributed by atoms with Crippen LogP contribution in [-0.2, 0) is 24.3 Å². The molecule has 4 rings (SSSR count). The summed E-state index contributed by atoms with van der Waals surface area (Å²) < 4.78 is 5.16. The van der Waals surface area contributed by atoms with E-state index in [1.54, 1.807) is 20.2 Å². The molecule has 0 spiro atoms. The summed E-state index contributed by atoms with van der Waals surface area (Å²) in [6, 6.07) is 13.5. The van der Waals surface area contributed by atoms with Crippen LogP contribution in [0.25, 0.3) is 0 Å². The van der Waals surface area contributed by atoms with Crippen molar-refractivity contribution in [2.75, 3.05) is 26.0 Å². The molecule has 1 N–H and O–H groups in total. The molecule has 3 heterocycles. The van der Waals surface area contributed by atoms with Crippen LogP contribution in [0.4, 0.5) is 5.82 Å². The number of aryl methyl sites for hydroxylation is 1. The van der Waals surface area contributed by atoms with Gasteiger partial charge in [0, 0.05) is 51.7 Å². The van der Waals surface area contributed by atoms with Crippen molar-refractivity contribution in [1.82, 2.24) is 24.9 Å². The molecule has 1 aromatic carbocycles. The minimum Gasteiger partial charge on any atom is -0.373 e. The smallest absolute Gasteiger partial charge is 0.292 e. The molecular formula is C24H28N6O3. The van der Waals surface area contributed by atoms with E-state index in [0.717, 1.165) is 17.0 Å². The molecule has 0 bridgehead atoms. The second-order valence-electron chi connectivity index (χ2n) is 8.20. The molecule has 1 aliphatic heterocycles. The molecule has 2 amide bonds. The molecule has 0 radical (unpaired) electrons. The maximum absolute atomic E-state index is 12.7. The highest BCUT2D eigenvalue weighted by atomic mass is 16.5. The lowest BCUT2D eigenvalue weighted by atomic mass is 10.0. The number of hydrogen-bond acceptors (Lipinski definition) is 7. The minimum absolute atomic E-state index is 0.0301. The van der Waals surface area contributed by atoms with Crippen molar-refractivity contribution < 1.29 is 14.1 Å². The number of anilines is 1. The first-order valence-electron chi connectivity index (χ1n) is 11.0. The Labute approximate surface area is 192 Å². The Bertz CT molecular complexity index is 1130. The summed E-state index contributed by atoms with van der Waals surface area (Å²) in [5, 5.41) is 6.94. The van der Waals surface area contributed by atoms with Gasteiger partial charge in [-0.05, 0) is 12.0 Å². The van der Waals surface area contributed by atoms with Gasteiger partial charge >= 0.3 is 0 Å². The second-order valence-corrected chi connectivity index (χ2v) is 8.20. The van der Waals surface area contributed by atoms with Gasteiger partial charge in [0.15, 0.2) is 0 Å². The van der Waals surface area contributed by atoms with E-state index in [-0.39, 0.29) is 30.0 Å². The SMILES string of the molecule is CCc1cc(C(=O)N(C)Cc2nc(NC)cc(C3CC(=O)N(Cc4ccccc4)C3)n2)on1. The molecule has 0 aliphatic carbocycles. The lowest BCUT2D eigenvalue weighted by Crippen LogP contribution is -2.27. The number of rotatable bonds is 8. The van der Waals surface area contributed by atoms with Crippen molar-refractivity contribution in [1.29, 1.82) is 0 Å². The van der Waals surface area contributed by atoms with Crippen molar-refractivity contribution in [3.8, 4) is 0 Å². The fourth-order valence-electron chi connectivity index (χ4n) is 3.90. The van der Waals surface area contributed by atoms with Gasteiger partial charge in [0.2, 0.25) is 11.7 Å². The summed E-state index contributed by atoms with van der Waals surface area (Å²) in [6.45, 7) is 3.34. The lowest BCUT2D eigenvalue weighted by Gasteiger charge is -2.18. The normalized spacial score (nSPS) is 15.7. The van der Waals surface area contributed by atoms with Crippen molar-refractivity contribution in [2.24, 2.45) is 0 Å². The quantitative estimate of drug-likeness (QED) is 0.565. The number of aromatic nitrogens is 3. The molecule has 9 heteroatoms. The third kappa shape index (κ3) is 5.19. The lowest BCUT2D eigenvalue weighted by molar-refractivity contribution is -0.128. The molecule has 172 valence electrons. The molecule has 1 aliphatic rings. The minimum atomic E-state index is -0.285. The Kier molecular flexibility index (Phi) is 6.67. The van der Waals surface area contributed by atoms with Gasteiger partial charge in [-0.1, -0.05) is 42.4 Å². The highest BCUT2D eigenvalue weighted by Crippen LogP contribution is 2.29. The largest absolute Gasteiger partial charge is 0.373 e. The molecule has 3 aromatic rings. The monoisotopic (exact) mass is 448 g/mol. The molecule has 9 nitrogen and oxygen atoms in total. The van der Waals surface area contributed by atoms with Crippen LogP contribution in [0.2, 0.25) is 0 Å². The van der Waals surface area contributed by atoms with E-state index in [2.05, 4.69) is 15.5 Å². The fraction of sp³-hybridized carbons (Fsp3) is 0.375. The predicted molar refractivity (Wildman–Crippen MR) is 122 cm³/mol. The van der Waals surface area contributed by atoms with Crippen LogP contribution in [0.3, 0.4) is 0 Å². The maximum atomic E-state index is 12.7. The number of nitrogens with one attached hydrogen (secondary N) is 1. The number of nitrogens with zero attached hydrogens (tertiary/aromatic N) is 5. The Morgan fingerprint density at radius 3 is 2.73 bits per heavy atom. The highest BCUT2D eigenvalue weighted by molar-refractivity contribution is 5.91. The summed E-state index contributed by atoms with van der Waals surface area (Å²) in [5.74, 6) is 1.14. The first-order chi connectivity index (χ1) is 16.0. The first-order valence-corrected chi connectivity index (χ1v) is 11.0. The van der Waals surface area contributed by atoms with Gasteiger partial charge in [-0.2, -0.15) is 0 Å². The molecule has 33 heavy (non-hydrogen) atoms. The van der Waals surface area contributed by atoms with Crippen LogP contribution in [0, 0.1) is 0 Å². The zero-order valence-corrected chi connectivity index (χ0v) is 19.1. The van der Waals surface area contributed by atoms with Crippen molar-refractivity contribution in [3.63, 3.8) is 0 Å². The molecule has 1 atom stereocenters. The van der Waals surface area contributed by atoms with E-state index in [9.17, 15) is 9.59 Å². The topological polar surface area (TPSA) is 104 Å². The number of likely N-dealkylation sites (tertiary alicyclic amines) is 1. The summed E-state index contributed by atoms with van der Waals surface area (Å²) in [6.07, 6.45) is 1.09.